The molecule has 10 N–H and O–H groups in total. The highest BCUT2D eigenvalue weighted by atomic mass is 127. The third-order valence-corrected chi connectivity index (χ3v) is 20.0. The molecule has 37 heteroatoms. The zero-order chi connectivity index (χ0) is 75.9. The molecule has 14 rings (SSSR count). The fraction of sp³-hybridized carbons (Fsp3) is 0.134. The number of ether oxygens (including phenoxy) is 2. The number of esters is 2. The van der Waals surface area contributed by atoms with Gasteiger partial charge in [0, 0.05) is 72.0 Å². The van der Waals surface area contributed by atoms with Gasteiger partial charge in [0.1, 0.15) is 0 Å². The van der Waals surface area contributed by atoms with Crippen molar-refractivity contribution in [2.45, 2.75) is 46.4 Å². The van der Waals surface area contributed by atoms with Crippen LogP contribution in [0.2, 0.25) is 0 Å². The molecule has 1 aliphatic heterocycles. The van der Waals surface area contributed by atoms with E-state index in [1.165, 1.54) is 14.2 Å². The van der Waals surface area contributed by atoms with E-state index in [1.807, 2.05) is 73.7 Å². The highest BCUT2D eigenvalue weighted by molar-refractivity contribution is 14.1. The Hall–Kier alpha value is -8.19. The van der Waals surface area contributed by atoms with Crippen molar-refractivity contribution in [1.82, 2.24) is 66.1 Å². The number of aliphatic hydroxyl groups excluding tert-OH is 2. The summed E-state index contributed by atoms with van der Waals surface area (Å²) in [6.45, 7) is 5.18. The number of rotatable bonds is 7. The maximum absolute atomic E-state index is 12.5. The molecule has 0 atom stereocenters. The van der Waals surface area contributed by atoms with E-state index < -0.39 is 17.5 Å². The summed E-state index contributed by atoms with van der Waals surface area (Å²) in [5.74, 6) is -1.64. The fourth-order valence-electron chi connectivity index (χ4n) is 10.8. The lowest BCUT2D eigenvalue weighted by Crippen LogP contribution is -2.30. The number of halogens is 9. The predicted octanol–water partition coefficient (Wildman–Crippen LogP) is 11.9. The van der Waals surface area contributed by atoms with E-state index in [1.54, 1.807) is 66.7 Å². The summed E-state index contributed by atoms with van der Waals surface area (Å²) in [6, 6.07) is 28.0. The molecular formula is C67H49Br6ClI2N14O14. The molecule has 28 nitrogen and oxygen atoms in total. The first kappa shape index (κ1) is 79.9. The van der Waals surface area contributed by atoms with Gasteiger partial charge in [0.25, 0.3) is 45.2 Å². The number of hydrogen-bond acceptors (Lipinski definition) is 21. The van der Waals surface area contributed by atoms with Crippen LogP contribution in [-0.4, -0.2) is 114 Å². The van der Waals surface area contributed by atoms with Crippen LogP contribution in [0.4, 0.5) is 5.69 Å². The molecule has 534 valence electrons. The van der Waals surface area contributed by atoms with Gasteiger partial charge in [0.2, 0.25) is 0 Å². The molecule has 0 saturated carbocycles. The quantitative estimate of drug-likeness (QED) is 0.0235. The Balaban J connectivity index is 0.000000146. The standard InChI is InChI=1S/C18H12BrN3O3.C10H8BrClN2O.C10H6BrIN2O3.C10H8BrN3O3.C10H9BrN2O2.C9H6BrIN2O2/c1-9-6-10(19)7-13-14(20-21-16(23)15(9)13)8-22-17(24)11-4-2-3-5-12(11)18(22)25;1-5-2-6(11)3-7-8(4-12)13-14-10(15)9(5)7;2*1-17-10(16)8-5-2-4(11)3-6(12)7(5)9(15)14-13-8;1-5-2-6(11)3-7-8(4-14)12-13-10(15)9(5)7;10-4-1-5-7(3-14)12-13-9(15)8(5)6(11)2-4/h2-7H,8H2,1H3,(H,21,23);2-3H,4H2,1H3,(H,14,15);2-3H,1H3,(H,14,15);2-3H,12H2,1H3,(H,14,15);2-3,14H,4H2,1H3,(H,13,15);1-2,14H,3H2,(H,13,15). The van der Waals surface area contributed by atoms with Gasteiger partial charge in [-0.15, -0.1) is 11.6 Å². The van der Waals surface area contributed by atoms with E-state index in [9.17, 15) is 47.9 Å². The minimum atomic E-state index is -0.635. The van der Waals surface area contributed by atoms with Crippen molar-refractivity contribution in [3.8, 4) is 0 Å². The van der Waals surface area contributed by atoms with Crippen LogP contribution < -0.4 is 39.1 Å². The number of aromatic amines is 6. The Morgan fingerprint density at radius 3 is 1.13 bits per heavy atom. The van der Waals surface area contributed by atoms with Gasteiger partial charge in [-0.2, -0.15) is 30.6 Å². The van der Waals surface area contributed by atoms with Crippen LogP contribution in [-0.2, 0) is 35.1 Å². The van der Waals surface area contributed by atoms with Crippen LogP contribution in [0.3, 0.4) is 0 Å². The number of nitrogens with zero attached hydrogens (tertiary/aromatic N) is 7. The second-order valence-electron chi connectivity index (χ2n) is 21.9. The number of benzene rings is 7. The van der Waals surface area contributed by atoms with Crippen molar-refractivity contribution in [1.29, 1.82) is 0 Å². The number of nitrogens with two attached hydrogens (primary N) is 1. The molecule has 13 aromatic rings. The van der Waals surface area contributed by atoms with Gasteiger partial charge < -0.3 is 25.4 Å². The number of H-pyrrole nitrogens is 6. The summed E-state index contributed by atoms with van der Waals surface area (Å²) in [5.41, 5.74) is 9.86. The van der Waals surface area contributed by atoms with E-state index in [0.29, 0.717) is 92.2 Å². The van der Waals surface area contributed by atoms with Crippen LogP contribution in [0.15, 0.2) is 153 Å². The number of amides is 2. The number of carbonyl (C=O) groups is 4. The SMILES string of the molecule is COC(=O)c1n[nH]c(=O)c2c(I)cc(Br)cc12.COC(=O)c1n[nH]c(=O)c2c(N)cc(Br)cc12.Cc1cc(Br)cc2c(CCl)n[nH]c(=O)c12.Cc1cc(Br)cc2c(CN3C(=O)c4ccccc4C3=O)n[nH]c(=O)c12.Cc1cc(Br)cc2c(CO)n[nH]c(=O)c12.O=c1[nH]nc(CO)c2cc(Br)cc(I)c12. The molecule has 0 bridgehead atoms. The van der Waals surface area contributed by atoms with E-state index in [-0.39, 0.29) is 87.7 Å². The summed E-state index contributed by atoms with van der Waals surface area (Å²) in [4.78, 5) is 119. The number of hydrogen-bond donors (Lipinski definition) is 9. The van der Waals surface area contributed by atoms with Gasteiger partial charge in [-0.1, -0.05) is 108 Å². The zero-order valence-corrected chi connectivity index (χ0v) is 68.6. The molecule has 0 aliphatic carbocycles. The van der Waals surface area contributed by atoms with E-state index in [2.05, 4.69) is 189 Å². The molecule has 6 aromatic heterocycles. The van der Waals surface area contributed by atoms with Crippen molar-refractivity contribution in [3.05, 3.63) is 255 Å². The summed E-state index contributed by atoms with van der Waals surface area (Å²) in [5, 5.41) is 61.9. The van der Waals surface area contributed by atoms with Gasteiger partial charge in [-0.3, -0.25) is 43.3 Å². The predicted molar refractivity (Wildman–Crippen MR) is 429 cm³/mol. The maximum Gasteiger partial charge on any atom is 0.359 e. The number of aromatic nitrogens is 12. The third-order valence-electron chi connectivity index (χ3n) is 15.3. The Bertz CT molecular complexity index is 5660. The second-order valence-corrected chi connectivity index (χ2v) is 30.0. The van der Waals surface area contributed by atoms with E-state index in [4.69, 9.17) is 27.5 Å². The van der Waals surface area contributed by atoms with Crippen LogP contribution in [0.5, 0.6) is 0 Å². The number of aliphatic hydroxyl groups is 2. The summed E-state index contributed by atoms with van der Waals surface area (Å²) >= 11 is 29.9. The molecule has 7 aromatic carbocycles. The van der Waals surface area contributed by atoms with Crippen LogP contribution in [0.25, 0.3) is 64.6 Å². The van der Waals surface area contributed by atoms with E-state index in [0.717, 1.165) is 56.5 Å². The lowest BCUT2D eigenvalue weighted by atomic mass is 10.1. The van der Waals surface area contributed by atoms with Crippen LogP contribution in [0.1, 0.15) is 81.2 Å². The molecular weight excluding hydrogens is 1990 g/mol. The molecule has 0 unspecified atom stereocenters. The number of anilines is 1. The van der Waals surface area contributed by atoms with Gasteiger partial charge in [0.15, 0.2) is 11.4 Å². The summed E-state index contributed by atoms with van der Waals surface area (Å²) in [6.07, 6.45) is 0. The smallest absolute Gasteiger partial charge is 0.359 e. The topological polar surface area (TPSA) is 431 Å². The highest BCUT2D eigenvalue weighted by Gasteiger charge is 2.36. The number of fused-ring (bicyclic) bond motifs is 7. The largest absolute Gasteiger partial charge is 0.464 e. The molecule has 7 heterocycles. The molecule has 0 saturated heterocycles. The number of imide groups is 1. The monoisotopic (exact) mass is 2040 g/mol. The molecule has 2 amide bonds. The van der Waals surface area contributed by atoms with Crippen LogP contribution >= 0.6 is 152 Å². The maximum atomic E-state index is 12.5. The summed E-state index contributed by atoms with van der Waals surface area (Å²) in [7, 11) is 2.51. The lowest BCUT2D eigenvalue weighted by Gasteiger charge is -2.15. The Kier molecular flexibility index (Phi) is 26.8. The van der Waals surface area contributed by atoms with Gasteiger partial charge in [-0.05, 0) is 168 Å². The number of nitrogens with one attached hydrogen (secondary N) is 6. The number of aryl methyl sites for hydroxylation is 3. The van der Waals surface area contributed by atoms with Crippen molar-refractivity contribution >= 4 is 246 Å². The average Bonchev–Trinajstić information content (AvgIpc) is 1.44. The van der Waals surface area contributed by atoms with Gasteiger partial charge >= 0.3 is 11.9 Å². The van der Waals surface area contributed by atoms with Crippen molar-refractivity contribution < 1.29 is 38.9 Å². The normalized spacial score (nSPS) is 11.4. The number of alkyl halides is 1. The van der Waals surface area contributed by atoms with Gasteiger partial charge in [-0.25, -0.2) is 40.2 Å². The molecule has 0 spiro atoms. The second kappa shape index (κ2) is 34.8. The zero-order valence-electron chi connectivity index (χ0n) is 54.0. The Morgan fingerprint density at radius 1 is 0.442 bits per heavy atom. The summed E-state index contributed by atoms with van der Waals surface area (Å²) < 4.78 is 15.7. The molecule has 0 fully saturated rings. The number of methoxy groups -OCH3 is 2. The minimum absolute atomic E-state index is 0.00444. The highest BCUT2D eigenvalue weighted by Crippen LogP contribution is 2.32. The molecule has 104 heavy (non-hydrogen) atoms. The Morgan fingerprint density at radius 2 is 0.740 bits per heavy atom. The fourth-order valence-corrected chi connectivity index (χ4v) is 16.7. The first-order chi connectivity index (χ1) is 49.4. The first-order valence-electron chi connectivity index (χ1n) is 29.6. The first-order valence-corrected chi connectivity index (χ1v) is 37.0. The van der Waals surface area contributed by atoms with Gasteiger partial charge in [0.05, 0.1) is 106 Å². The average molecular weight is 2040 g/mol. The molecule has 0 radical (unpaired) electrons. The van der Waals surface area contributed by atoms with Crippen LogP contribution in [0, 0.1) is 27.9 Å². The van der Waals surface area contributed by atoms with E-state index >= 15 is 0 Å². The lowest BCUT2D eigenvalue weighted by molar-refractivity contribution is 0.0586. The van der Waals surface area contributed by atoms with Crippen molar-refractivity contribution in [3.63, 3.8) is 0 Å². The van der Waals surface area contributed by atoms with Crippen molar-refractivity contribution in [2.75, 3.05) is 20.0 Å². The van der Waals surface area contributed by atoms with Crippen molar-refractivity contribution in [2.24, 2.45) is 0 Å². The number of nitrogen functional groups attached to an aromatic ring is 1. The minimum Gasteiger partial charge on any atom is -0.464 e. The molecule has 1 aliphatic rings. The Labute approximate surface area is 666 Å². The third kappa shape index (κ3) is 17.5. The number of carbonyl (C=O) groups excluding carboxylic acids is 4.